The van der Waals surface area contributed by atoms with Gasteiger partial charge in [0.15, 0.2) is 0 Å². The van der Waals surface area contributed by atoms with Gasteiger partial charge in [0.1, 0.15) is 4.88 Å². The fraction of sp³-hybridized carbons (Fsp3) is 0.231. The third kappa shape index (κ3) is 3.23. The minimum Gasteiger partial charge on any atom is -0.478 e. The number of aliphatic hydroxyl groups is 1. The molecule has 0 bridgehead atoms. The van der Waals surface area contributed by atoms with E-state index in [-0.39, 0.29) is 24.6 Å². The van der Waals surface area contributed by atoms with Gasteiger partial charge in [0.25, 0.3) is 5.91 Å². The van der Waals surface area contributed by atoms with E-state index in [1.165, 1.54) is 29.2 Å². The first-order chi connectivity index (χ1) is 10.0. The Bertz CT molecular complexity index is 654. The minimum atomic E-state index is -1.04. The lowest BCUT2D eigenvalue weighted by atomic mass is 10.2. The van der Waals surface area contributed by atoms with E-state index in [0.717, 1.165) is 11.5 Å². The third-order valence-corrected chi connectivity index (χ3v) is 3.66. The van der Waals surface area contributed by atoms with E-state index >= 15 is 0 Å². The highest BCUT2D eigenvalue weighted by Crippen LogP contribution is 2.20. The number of rotatable bonds is 5. The maximum atomic E-state index is 12.5. The third-order valence-electron chi connectivity index (χ3n) is 2.84. The van der Waals surface area contributed by atoms with Crippen molar-refractivity contribution in [1.29, 1.82) is 0 Å². The van der Waals surface area contributed by atoms with Crippen LogP contribution in [0.5, 0.6) is 0 Å². The van der Waals surface area contributed by atoms with Gasteiger partial charge in [-0.05, 0) is 42.7 Å². The maximum absolute atomic E-state index is 12.5. The molecular weight excluding hydrogens is 294 g/mol. The molecule has 1 amide bonds. The van der Waals surface area contributed by atoms with Crippen LogP contribution >= 0.6 is 11.5 Å². The maximum Gasteiger partial charge on any atom is 0.335 e. The highest BCUT2D eigenvalue weighted by Gasteiger charge is 2.22. The topological polar surface area (TPSA) is 104 Å². The fourth-order valence-corrected chi connectivity index (χ4v) is 2.39. The lowest BCUT2D eigenvalue weighted by Gasteiger charge is -2.21. The van der Waals surface area contributed by atoms with Crippen LogP contribution in [0.4, 0.5) is 5.69 Å². The van der Waals surface area contributed by atoms with Crippen LogP contribution in [0, 0.1) is 6.92 Å². The van der Waals surface area contributed by atoms with Crippen molar-refractivity contribution in [2.45, 2.75) is 6.92 Å². The first kappa shape index (κ1) is 15.1. The smallest absolute Gasteiger partial charge is 0.335 e. The summed E-state index contributed by atoms with van der Waals surface area (Å²) in [6.07, 6.45) is 0. The standard InChI is InChI=1S/C13H13N3O4S/c1-8-11(21-15-14-8)12(18)16(6-7-17)10-4-2-9(3-5-10)13(19)20/h2-5,17H,6-7H2,1H3,(H,19,20). The molecule has 0 aliphatic carbocycles. The van der Waals surface area contributed by atoms with Crippen LogP contribution in [0.3, 0.4) is 0 Å². The summed E-state index contributed by atoms with van der Waals surface area (Å²) in [4.78, 5) is 25.1. The number of anilines is 1. The molecule has 0 saturated heterocycles. The number of aromatic nitrogens is 2. The second kappa shape index (κ2) is 6.42. The van der Waals surface area contributed by atoms with Crippen molar-refractivity contribution in [2.75, 3.05) is 18.1 Å². The Morgan fingerprint density at radius 1 is 1.29 bits per heavy atom. The van der Waals surface area contributed by atoms with E-state index < -0.39 is 5.97 Å². The van der Waals surface area contributed by atoms with Gasteiger partial charge in [0, 0.05) is 12.2 Å². The number of carbonyl (C=O) groups is 2. The van der Waals surface area contributed by atoms with E-state index in [2.05, 4.69) is 9.59 Å². The Labute approximate surface area is 124 Å². The number of aliphatic hydroxyl groups excluding tert-OH is 1. The molecule has 1 aromatic heterocycles. The summed E-state index contributed by atoms with van der Waals surface area (Å²) in [5.41, 5.74) is 1.16. The molecule has 7 nitrogen and oxygen atoms in total. The van der Waals surface area contributed by atoms with Gasteiger partial charge in [-0.1, -0.05) is 4.49 Å². The Morgan fingerprint density at radius 2 is 1.95 bits per heavy atom. The van der Waals surface area contributed by atoms with Crippen LogP contribution in [0.1, 0.15) is 25.7 Å². The second-order valence-corrected chi connectivity index (χ2v) is 4.97. The minimum absolute atomic E-state index is 0.0998. The van der Waals surface area contributed by atoms with E-state index in [1.54, 1.807) is 6.92 Å². The molecule has 1 heterocycles. The first-order valence-electron chi connectivity index (χ1n) is 6.09. The number of aromatic carboxylic acids is 1. The predicted molar refractivity (Wildman–Crippen MR) is 76.8 cm³/mol. The summed E-state index contributed by atoms with van der Waals surface area (Å²) >= 11 is 0.986. The molecule has 0 aliphatic heterocycles. The number of nitrogens with zero attached hydrogens (tertiary/aromatic N) is 3. The number of amides is 1. The van der Waals surface area contributed by atoms with Crippen molar-refractivity contribution in [3.63, 3.8) is 0 Å². The van der Waals surface area contributed by atoms with Crippen LogP contribution in [0.15, 0.2) is 24.3 Å². The molecule has 21 heavy (non-hydrogen) atoms. The Hall–Kier alpha value is -2.32. The van der Waals surface area contributed by atoms with Gasteiger partial charge in [-0.25, -0.2) is 4.79 Å². The number of aryl methyl sites for hydroxylation is 1. The predicted octanol–water partition coefficient (Wildman–Crippen LogP) is 1.18. The molecule has 2 N–H and O–H groups in total. The highest BCUT2D eigenvalue weighted by atomic mass is 32.1. The van der Waals surface area contributed by atoms with Crippen molar-refractivity contribution in [1.82, 2.24) is 9.59 Å². The quantitative estimate of drug-likeness (QED) is 0.859. The van der Waals surface area contributed by atoms with E-state index in [0.29, 0.717) is 16.3 Å². The lowest BCUT2D eigenvalue weighted by molar-refractivity contribution is 0.0696. The zero-order valence-corrected chi connectivity index (χ0v) is 12.0. The summed E-state index contributed by atoms with van der Waals surface area (Å²) in [6, 6.07) is 5.88. The lowest BCUT2D eigenvalue weighted by Crippen LogP contribution is -2.33. The molecule has 8 heteroatoms. The van der Waals surface area contributed by atoms with Gasteiger partial charge >= 0.3 is 5.97 Å². The van der Waals surface area contributed by atoms with Crippen molar-refractivity contribution in [3.05, 3.63) is 40.4 Å². The van der Waals surface area contributed by atoms with Crippen LogP contribution in [0.25, 0.3) is 0 Å². The number of carbonyl (C=O) groups excluding carboxylic acids is 1. The molecule has 0 atom stereocenters. The normalized spacial score (nSPS) is 10.4. The van der Waals surface area contributed by atoms with E-state index in [9.17, 15) is 9.59 Å². The van der Waals surface area contributed by atoms with Crippen molar-refractivity contribution in [2.24, 2.45) is 0 Å². The van der Waals surface area contributed by atoms with Crippen molar-refractivity contribution >= 4 is 29.1 Å². The molecule has 2 rings (SSSR count). The Balaban J connectivity index is 2.32. The summed E-state index contributed by atoms with van der Waals surface area (Å²) < 4.78 is 3.72. The Kier molecular flexibility index (Phi) is 4.61. The van der Waals surface area contributed by atoms with Gasteiger partial charge in [0.2, 0.25) is 0 Å². The SMILES string of the molecule is Cc1nnsc1C(=O)N(CCO)c1ccc(C(=O)O)cc1. The van der Waals surface area contributed by atoms with Gasteiger partial charge in [-0.2, -0.15) is 0 Å². The second-order valence-electron chi connectivity index (χ2n) is 4.22. The molecule has 0 unspecified atom stereocenters. The van der Waals surface area contributed by atoms with Crippen LogP contribution in [-0.2, 0) is 0 Å². The zero-order valence-electron chi connectivity index (χ0n) is 11.2. The van der Waals surface area contributed by atoms with Crippen molar-refractivity contribution < 1.29 is 19.8 Å². The summed E-state index contributed by atoms with van der Waals surface area (Å²) in [6.45, 7) is 1.57. The van der Waals surface area contributed by atoms with Crippen LogP contribution in [0.2, 0.25) is 0 Å². The number of carboxylic acids is 1. The summed E-state index contributed by atoms with van der Waals surface area (Å²) in [7, 11) is 0. The fourth-order valence-electron chi connectivity index (χ4n) is 1.78. The number of carboxylic acid groups (broad SMARTS) is 1. The monoisotopic (exact) mass is 307 g/mol. The molecule has 0 spiro atoms. The first-order valence-corrected chi connectivity index (χ1v) is 6.87. The molecule has 0 aliphatic rings. The molecule has 0 fully saturated rings. The summed E-state index contributed by atoms with van der Waals surface area (Å²) in [5, 5.41) is 21.8. The largest absolute Gasteiger partial charge is 0.478 e. The van der Waals surface area contributed by atoms with Gasteiger partial charge in [-0.15, -0.1) is 5.10 Å². The summed E-state index contributed by atoms with van der Waals surface area (Å²) in [5.74, 6) is -1.36. The van der Waals surface area contributed by atoms with Crippen LogP contribution < -0.4 is 4.90 Å². The van der Waals surface area contributed by atoms with Gasteiger partial charge in [-0.3, -0.25) is 4.79 Å². The van der Waals surface area contributed by atoms with Crippen LogP contribution in [-0.4, -0.2) is 44.8 Å². The highest BCUT2D eigenvalue weighted by molar-refractivity contribution is 7.08. The van der Waals surface area contributed by atoms with E-state index in [1.807, 2.05) is 0 Å². The zero-order chi connectivity index (χ0) is 15.4. The molecular formula is C13H13N3O4S. The number of benzene rings is 1. The van der Waals surface area contributed by atoms with Gasteiger partial charge < -0.3 is 15.1 Å². The van der Waals surface area contributed by atoms with E-state index in [4.69, 9.17) is 10.2 Å². The van der Waals surface area contributed by atoms with Crippen molar-refractivity contribution in [3.8, 4) is 0 Å². The number of hydrogen-bond donors (Lipinski definition) is 2. The number of hydrogen-bond acceptors (Lipinski definition) is 6. The average Bonchev–Trinajstić information content (AvgIpc) is 2.90. The molecule has 1 aromatic carbocycles. The molecule has 110 valence electrons. The molecule has 0 radical (unpaired) electrons. The Morgan fingerprint density at radius 3 is 2.43 bits per heavy atom. The molecule has 2 aromatic rings. The van der Waals surface area contributed by atoms with Gasteiger partial charge in [0.05, 0.1) is 17.9 Å². The average molecular weight is 307 g/mol. The molecule has 0 saturated carbocycles.